The molecule has 3 aliphatic carbocycles. The smallest absolute Gasteiger partial charge is 0.102 e. The summed E-state index contributed by atoms with van der Waals surface area (Å²) in [5.74, 6) is 0.776. The Kier molecular flexibility index (Phi) is 1.92. The molecule has 0 amide bonds. The van der Waals surface area contributed by atoms with Crippen LogP contribution >= 0.6 is 0 Å². The Bertz CT molecular complexity index is 417. The average Bonchev–Trinajstić information content (AvgIpc) is 2.28. The fourth-order valence-corrected chi connectivity index (χ4v) is 4.79. The summed E-state index contributed by atoms with van der Waals surface area (Å²) in [5.41, 5.74) is 5.45. The summed E-state index contributed by atoms with van der Waals surface area (Å²) in [5, 5.41) is 0. The van der Waals surface area contributed by atoms with Gasteiger partial charge < -0.3 is 0 Å². The molecule has 0 nitrogen and oxygen atoms in total. The number of hydrogen-bond donors (Lipinski definition) is 0. The van der Waals surface area contributed by atoms with Gasteiger partial charge in [0.2, 0.25) is 0 Å². The van der Waals surface area contributed by atoms with Gasteiger partial charge in [-0.1, -0.05) is 38.3 Å². The van der Waals surface area contributed by atoms with Gasteiger partial charge in [0.15, 0.2) is 0 Å². The lowest BCUT2D eigenvalue weighted by atomic mass is 9.39. The van der Waals surface area contributed by atoms with Gasteiger partial charge >= 0.3 is 0 Å². The number of fused-ring (bicyclic) bond motifs is 2. The number of hydrogen-bond acceptors (Lipinski definition) is 0. The molecular weight excluding hydrogens is 191 g/mol. The van der Waals surface area contributed by atoms with Gasteiger partial charge in [0.25, 0.3) is 0 Å². The van der Waals surface area contributed by atoms with E-state index in [-0.39, 0.29) is 5.41 Å². The van der Waals surface area contributed by atoms with E-state index < -0.39 is 0 Å². The molecule has 0 spiro atoms. The molecule has 0 heterocycles. The van der Waals surface area contributed by atoms with E-state index in [4.69, 9.17) is 0 Å². The largest absolute Gasteiger partial charge is 0.118 e. The Morgan fingerprint density at radius 2 is 2.25 bits per heavy atom. The maximum atomic E-state index is 4.41. The maximum absolute atomic E-state index is 4.41. The minimum absolute atomic E-state index is 0.240. The molecule has 0 aromatic heterocycles. The van der Waals surface area contributed by atoms with Crippen molar-refractivity contribution in [3.05, 3.63) is 36.0 Å². The minimum atomic E-state index is 0.240. The topological polar surface area (TPSA) is 0 Å². The normalized spacial score (nSPS) is 44.4. The van der Waals surface area contributed by atoms with E-state index in [9.17, 15) is 0 Å². The second-order valence-corrected chi connectivity index (χ2v) is 6.12. The maximum Gasteiger partial charge on any atom is 0.118 e. The summed E-state index contributed by atoms with van der Waals surface area (Å²) in [6.45, 7) is 13.3. The third kappa shape index (κ3) is 0.825. The Balaban J connectivity index is 2.03. The zero-order valence-electron chi connectivity index (χ0n) is 10.6. The van der Waals surface area contributed by atoms with Crippen LogP contribution in [0.4, 0.5) is 0 Å². The molecule has 16 heavy (non-hydrogen) atoms. The first-order valence-electron chi connectivity index (χ1n) is 6.66. The van der Waals surface area contributed by atoms with Crippen LogP contribution in [0, 0.1) is 16.7 Å². The van der Waals surface area contributed by atoms with Crippen molar-refractivity contribution in [1.82, 2.24) is 0 Å². The highest BCUT2D eigenvalue weighted by Gasteiger charge is 2.67. The molecule has 0 aliphatic heterocycles. The third-order valence-electron chi connectivity index (χ3n) is 5.64. The van der Waals surface area contributed by atoms with E-state index in [0.29, 0.717) is 5.41 Å². The van der Waals surface area contributed by atoms with Gasteiger partial charge in [-0.25, -0.2) is 0 Å². The fraction of sp³-hybridized carbons (Fsp3) is 0.600. The first kappa shape index (κ1) is 10.4. The molecule has 1 saturated carbocycles. The molecule has 0 aromatic carbocycles. The van der Waals surface area contributed by atoms with E-state index in [1.54, 1.807) is 11.1 Å². The third-order valence-corrected chi connectivity index (χ3v) is 5.64. The highest BCUT2D eigenvalue weighted by Crippen LogP contribution is 2.76. The lowest BCUT2D eigenvalue weighted by molar-refractivity contribution is -0.0191. The van der Waals surface area contributed by atoms with Crippen molar-refractivity contribution in [1.29, 1.82) is 0 Å². The van der Waals surface area contributed by atoms with Crippen LogP contribution in [0.2, 0.25) is 13.1 Å². The molecule has 0 saturated heterocycles. The van der Waals surface area contributed by atoms with E-state index in [1.165, 1.54) is 38.4 Å². The summed E-state index contributed by atoms with van der Waals surface area (Å²) >= 11 is 0. The van der Waals surface area contributed by atoms with Gasteiger partial charge in [0, 0.05) is 5.41 Å². The van der Waals surface area contributed by atoms with Crippen molar-refractivity contribution >= 4 is 7.28 Å². The fourth-order valence-electron chi connectivity index (χ4n) is 4.79. The highest BCUT2D eigenvalue weighted by atomic mass is 14.7. The number of rotatable bonds is 3. The van der Waals surface area contributed by atoms with Crippen LogP contribution in [-0.2, 0) is 0 Å². The van der Waals surface area contributed by atoms with Crippen molar-refractivity contribution in [2.75, 3.05) is 0 Å². The summed E-state index contributed by atoms with van der Waals surface area (Å²) in [6.07, 6.45) is 7.52. The highest BCUT2D eigenvalue weighted by molar-refractivity contribution is 6.33. The monoisotopic (exact) mass is 212 g/mol. The van der Waals surface area contributed by atoms with Crippen LogP contribution < -0.4 is 0 Å². The minimum Gasteiger partial charge on any atom is -0.102 e. The molecule has 0 aromatic rings. The van der Waals surface area contributed by atoms with Crippen LogP contribution in [0.15, 0.2) is 36.0 Å². The van der Waals surface area contributed by atoms with Gasteiger partial charge in [-0.05, 0) is 41.7 Å². The van der Waals surface area contributed by atoms with E-state index >= 15 is 0 Å². The molecule has 1 heteroatoms. The standard InChI is InChI=1S/C15H21B/c1-5-15-10(2)11-6-7-12(11)13(15)8-14(15,3)9-16-4/h5,13,16H,1-2,6-9H2,3-4H3. The summed E-state index contributed by atoms with van der Waals surface area (Å²) < 4.78 is 0. The van der Waals surface area contributed by atoms with Gasteiger partial charge in [-0.15, -0.1) is 6.58 Å². The molecule has 3 atom stereocenters. The Labute approximate surface area is 99.7 Å². The molecule has 3 aliphatic rings. The molecule has 3 rings (SSSR count). The zero-order valence-corrected chi connectivity index (χ0v) is 10.6. The molecule has 0 bridgehead atoms. The first-order valence-corrected chi connectivity index (χ1v) is 6.66. The predicted molar refractivity (Wildman–Crippen MR) is 72.1 cm³/mol. The average molecular weight is 212 g/mol. The van der Waals surface area contributed by atoms with Crippen LogP contribution in [-0.4, -0.2) is 7.28 Å². The zero-order chi connectivity index (χ0) is 11.6. The van der Waals surface area contributed by atoms with Crippen molar-refractivity contribution in [2.24, 2.45) is 16.7 Å². The predicted octanol–water partition coefficient (Wildman–Crippen LogP) is 3.75. The van der Waals surface area contributed by atoms with Crippen molar-refractivity contribution < 1.29 is 0 Å². The van der Waals surface area contributed by atoms with Gasteiger partial charge in [0.05, 0.1) is 0 Å². The summed E-state index contributed by atoms with van der Waals surface area (Å²) in [4.78, 5) is 0. The van der Waals surface area contributed by atoms with E-state index in [0.717, 1.165) is 5.92 Å². The lowest BCUT2D eigenvalue weighted by Crippen LogP contribution is -2.54. The molecule has 0 N–H and O–H groups in total. The van der Waals surface area contributed by atoms with Crippen LogP contribution in [0.5, 0.6) is 0 Å². The van der Waals surface area contributed by atoms with Crippen LogP contribution in [0.1, 0.15) is 26.2 Å². The number of allylic oxidation sites excluding steroid dienone is 4. The van der Waals surface area contributed by atoms with Crippen molar-refractivity contribution in [3.8, 4) is 0 Å². The Morgan fingerprint density at radius 3 is 2.69 bits per heavy atom. The van der Waals surface area contributed by atoms with Crippen LogP contribution in [0.25, 0.3) is 0 Å². The second kappa shape index (κ2) is 2.94. The van der Waals surface area contributed by atoms with Gasteiger partial charge in [-0.2, -0.15) is 0 Å². The Hall–Kier alpha value is -0.715. The SMILES string of the molecule is C=CC12C(=C)C3=C(CC3)C1CC2(C)CBC. The summed E-state index contributed by atoms with van der Waals surface area (Å²) in [7, 11) is 1.27. The second-order valence-electron chi connectivity index (χ2n) is 6.12. The lowest BCUT2D eigenvalue weighted by Gasteiger charge is -2.61. The molecule has 1 fully saturated rings. The van der Waals surface area contributed by atoms with Crippen molar-refractivity contribution in [2.45, 2.75) is 39.3 Å². The Morgan fingerprint density at radius 1 is 1.50 bits per heavy atom. The van der Waals surface area contributed by atoms with E-state index in [2.05, 4.69) is 33.0 Å². The van der Waals surface area contributed by atoms with Gasteiger partial charge in [0.1, 0.15) is 7.28 Å². The summed E-state index contributed by atoms with van der Waals surface area (Å²) in [6, 6.07) is 0. The molecule has 84 valence electrons. The molecular formula is C15H21B. The van der Waals surface area contributed by atoms with E-state index in [1.807, 2.05) is 0 Å². The van der Waals surface area contributed by atoms with Gasteiger partial charge in [-0.3, -0.25) is 0 Å². The molecule has 3 unspecified atom stereocenters. The quantitative estimate of drug-likeness (QED) is 0.493. The van der Waals surface area contributed by atoms with Crippen molar-refractivity contribution in [3.63, 3.8) is 0 Å². The molecule has 0 radical (unpaired) electrons. The first-order chi connectivity index (χ1) is 7.60. The van der Waals surface area contributed by atoms with Crippen LogP contribution in [0.3, 0.4) is 0 Å².